The van der Waals surface area contributed by atoms with Crippen LogP contribution in [0.15, 0.2) is 0 Å². The van der Waals surface area contributed by atoms with Crippen LogP contribution in [0.5, 0.6) is 0 Å². The van der Waals surface area contributed by atoms with Gasteiger partial charge in [-0.3, -0.25) is 0 Å². The van der Waals surface area contributed by atoms with E-state index in [0.717, 1.165) is 12.8 Å². The van der Waals surface area contributed by atoms with Gasteiger partial charge in [0, 0.05) is 18.4 Å². The summed E-state index contributed by atoms with van der Waals surface area (Å²) in [5.41, 5.74) is 5.53. The molecule has 1 nitrogen and oxygen atoms in total. The molecule has 0 aromatic heterocycles. The van der Waals surface area contributed by atoms with Crippen molar-refractivity contribution in [1.82, 2.24) is 0 Å². The van der Waals surface area contributed by atoms with Crippen LogP contribution in [0.1, 0.15) is 32.6 Å². The smallest absolute Gasteiger partial charge is 0.249 e. The highest BCUT2D eigenvalue weighted by Gasteiger charge is 2.64. The van der Waals surface area contributed by atoms with Gasteiger partial charge in [-0.05, 0) is 25.2 Å². The van der Waals surface area contributed by atoms with E-state index in [-0.39, 0.29) is 36.2 Å². The molecule has 2 fully saturated rings. The summed E-state index contributed by atoms with van der Waals surface area (Å²) >= 11 is 0. The second kappa shape index (κ2) is 2.32. The SMILES string of the molecule is CC1(N)CC2(C1)CC(F)(F)C2.Cl. The Labute approximate surface area is 77.1 Å². The zero-order valence-electron chi connectivity index (χ0n) is 7.07. The van der Waals surface area contributed by atoms with E-state index in [0.29, 0.717) is 0 Å². The summed E-state index contributed by atoms with van der Waals surface area (Å²) in [4.78, 5) is 0. The van der Waals surface area contributed by atoms with Gasteiger partial charge in [0.15, 0.2) is 0 Å². The molecule has 0 saturated heterocycles. The van der Waals surface area contributed by atoms with Crippen LogP contribution in [0, 0.1) is 5.41 Å². The van der Waals surface area contributed by atoms with Crippen molar-refractivity contribution in [2.75, 3.05) is 0 Å². The summed E-state index contributed by atoms with van der Waals surface area (Å²) in [6.07, 6.45) is 1.73. The number of alkyl halides is 2. The van der Waals surface area contributed by atoms with Crippen molar-refractivity contribution in [3.63, 3.8) is 0 Å². The molecule has 2 aliphatic rings. The van der Waals surface area contributed by atoms with Crippen molar-refractivity contribution >= 4 is 12.4 Å². The largest absolute Gasteiger partial charge is 0.325 e. The van der Waals surface area contributed by atoms with Crippen LogP contribution >= 0.6 is 12.4 Å². The van der Waals surface area contributed by atoms with E-state index in [1.807, 2.05) is 6.92 Å². The summed E-state index contributed by atoms with van der Waals surface area (Å²) in [6, 6.07) is 0. The van der Waals surface area contributed by atoms with Crippen LogP contribution in [0.3, 0.4) is 0 Å². The van der Waals surface area contributed by atoms with Gasteiger partial charge < -0.3 is 5.73 Å². The fourth-order valence-corrected chi connectivity index (χ4v) is 2.96. The first-order valence-electron chi connectivity index (χ1n) is 4.00. The molecule has 0 bridgehead atoms. The Kier molecular flexibility index (Phi) is 1.97. The first-order valence-corrected chi connectivity index (χ1v) is 4.00. The van der Waals surface area contributed by atoms with E-state index >= 15 is 0 Å². The molecule has 0 atom stereocenters. The lowest BCUT2D eigenvalue weighted by Crippen LogP contribution is -2.63. The zero-order valence-corrected chi connectivity index (χ0v) is 7.89. The van der Waals surface area contributed by atoms with Crippen LogP contribution in [0.2, 0.25) is 0 Å². The van der Waals surface area contributed by atoms with Crippen LogP contribution in [-0.2, 0) is 0 Å². The molecule has 0 unspecified atom stereocenters. The molecule has 0 radical (unpaired) electrons. The molecular formula is C8H14ClF2N. The van der Waals surface area contributed by atoms with Gasteiger partial charge in [-0.1, -0.05) is 0 Å². The van der Waals surface area contributed by atoms with Gasteiger partial charge in [0.2, 0.25) is 5.92 Å². The second-order valence-electron chi connectivity index (χ2n) is 4.72. The Morgan fingerprint density at radius 3 is 1.75 bits per heavy atom. The first kappa shape index (κ1) is 10.2. The molecule has 0 aromatic rings. The minimum atomic E-state index is -2.38. The lowest BCUT2D eigenvalue weighted by atomic mass is 9.48. The molecule has 2 rings (SSSR count). The molecule has 4 heteroatoms. The maximum Gasteiger partial charge on any atom is 0.249 e. The van der Waals surface area contributed by atoms with Crippen molar-refractivity contribution in [2.45, 2.75) is 44.1 Å². The van der Waals surface area contributed by atoms with Gasteiger partial charge in [0.25, 0.3) is 0 Å². The van der Waals surface area contributed by atoms with E-state index < -0.39 is 5.92 Å². The predicted octanol–water partition coefficient (Wildman–Crippen LogP) is 2.33. The molecule has 1 spiro atoms. The van der Waals surface area contributed by atoms with Crippen LogP contribution in [0.25, 0.3) is 0 Å². The normalized spacial score (nSPS) is 33.0. The molecule has 12 heavy (non-hydrogen) atoms. The van der Waals surface area contributed by atoms with Crippen LogP contribution in [-0.4, -0.2) is 11.5 Å². The van der Waals surface area contributed by atoms with Crippen LogP contribution in [0.4, 0.5) is 8.78 Å². The van der Waals surface area contributed by atoms with Crippen LogP contribution < -0.4 is 5.73 Å². The number of hydrogen-bond acceptors (Lipinski definition) is 1. The monoisotopic (exact) mass is 197 g/mol. The van der Waals surface area contributed by atoms with E-state index in [9.17, 15) is 8.78 Å². The third-order valence-corrected chi connectivity index (χ3v) is 2.82. The maximum absolute atomic E-state index is 12.5. The van der Waals surface area contributed by atoms with E-state index in [4.69, 9.17) is 5.73 Å². The lowest BCUT2D eigenvalue weighted by molar-refractivity contribution is -0.208. The molecule has 72 valence electrons. The summed E-state index contributed by atoms with van der Waals surface area (Å²) in [5.74, 6) is -2.38. The van der Waals surface area contributed by atoms with E-state index in [1.165, 1.54) is 0 Å². The second-order valence-corrected chi connectivity index (χ2v) is 4.72. The average Bonchev–Trinajstić information content (AvgIpc) is 1.52. The van der Waals surface area contributed by atoms with Crippen molar-refractivity contribution in [2.24, 2.45) is 11.1 Å². The topological polar surface area (TPSA) is 26.0 Å². The quantitative estimate of drug-likeness (QED) is 0.634. The summed E-state index contributed by atoms with van der Waals surface area (Å²) < 4.78 is 24.9. The maximum atomic E-state index is 12.5. The van der Waals surface area contributed by atoms with Gasteiger partial charge in [-0.15, -0.1) is 12.4 Å². The Morgan fingerprint density at radius 2 is 1.50 bits per heavy atom. The molecule has 2 N–H and O–H groups in total. The molecular weight excluding hydrogens is 184 g/mol. The Morgan fingerprint density at radius 1 is 1.08 bits per heavy atom. The van der Waals surface area contributed by atoms with Gasteiger partial charge in [-0.2, -0.15) is 0 Å². The highest BCUT2D eigenvalue weighted by molar-refractivity contribution is 5.85. The first-order chi connectivity index (χ1) is 4.83. The van der Waals surface area contributed by atoms with Crippen molar-refractivity contribution in [3.8, 4) is 0 Å². The third kappa shape index (κ3) is 1.44. The molecule has 0 aliphatic heterocycles. The Hall–Kier alpha value is 0.110. The summed E-state index contributed by atoms with van der Waals surface area (Å²) in [6.45, 7) is 1.94. The van der Waals surface area contributed by atoms with Crippen molar-refractivity contribution < 1.29 is 8.78 Å². The van der Waals surface area contributed by atoms with Gasteiger partial charge in [0.05, 0.1) is 0 Å². The third-order valence-electron chi connectivity index (χ3n) is 2.82. The lowest BCUT2D eigenvalue weighted by Gasteiger charge is -2.60. The minimum absolute atomic E-state index is 0. The van der Waals surface area contributed by atoms with Crippen molar-refractivity contribution in [1.29, 1.82) is 0 Å². The van der Waals surface area contributed by atoms with E-state index in [2.05, 4.69) is 0 Å². The molecule has 2 saturated carbocycles. The fraction of sp³-hybridized carbons (Fsp3) is 1.00. The molecule has 0 aromatic carbocycles. The highest BCUT2D eigenvalue weighted by atomic mass is 35.5. The average molecular weight is 198 g/mol. The number of halogens is 3. The predicted molar refractivity (Wildman–Crippen MR) is 45.7 cm³/mol. The van der Waals surface area contributed by atoms with Gasteiger partial charge in [0.1, 0.15) is 0 Å². The van der Waals surface area contributed by atoms with Crippen molar-refractivity contribution in [3.05, 3.63) is 0 Å². The Bertz CT molecular complexity index is 162. The number of rotatable bonds is 0. The minimum Gasteiger partial charge on any atom is -0.325 e. The Balaban J connectivity index is 0.000000720. The standard InChI is InChI=1S/C8H13F2N.ClH/c1-6(11)2-7(3-6)4-8(9,10)5-7;/h2-5,11H2,1H3;1H. The summed E-state index contributed by atoms with van der Waals surface area (Å²) in [7, 11) is 0. The molecule has 0 amide bonds. The number of nitrogens with two attached hydrogens (primary N) is 1. The van der Waals surface area contributed by atoms with Gasteiger partial charge in [-0.25, -0.2) is 8.78 Å². The van der Waals surface area contributed by atoms with E-state index in [1.54, 1.807) is 0 Å². The number of hydrogen-bond donors (Lipinski definition) is 1. The zero-order chi connectivity index (χ0) is 8.33. The fourth-order valence-electron chi connectivity index (χ4n) is 2.96. The molecule has 2 aliphatic carbocycles. The highest BCUT2D eigenvalue weighted by Crippen LogP contribution is 2.64. The van der Waals surface area contributed by atoms with Gasteiger partial charge >= 0.3 is 0 Å². The molecule has 0 heterocycles. The summed E-state index contributed by atoms with van der Waals surface area (Å²) in [5, 5.41) is 0.